The molecule has 2 heterocycles. The number of nitro groups is 1. The Bertz CT molecular complexity index is 1420. The van der Waals surface area contributed by atoms with E-state index >= 15 is 0 Å². The zero-order valence-corrected chi connectivity index (χ0v) is 20.4. The first-order chi connectivity index (χ1) is 17.2. The van der Waals surface area contributed by atoms with Gasteiger partial charge in [-0.3, -0.25) is 24.6 Å². The second kappa shape index (κ2) is 8.78. The van der Waals surface area contributed by atoms with Crippen LogP contribution in [0.4, 0.5) is 17.1 Å². The lowest BCUT2D eigenvalue weighted by Crippen LogP contribution is -2.39. The number of fused-ring (bicyclic) bond motifs is 1. The van der Waals surface area contributed by atoms with E-state index in [1.54, 1.807) is 36.1 Å². The number of rotatable bonds is 4. The molecule has 3 aromatic rings. The monoisotopic (exact) mass is 485 g/mol. The zero-order chi connectivity index (χ0) is 25.6. The highest BCUT2D eigenvalue weighted by Gasteiger charge is 2.44. The standard InChI is InChI=1S/C28H27N3O5/c1-4-25(33)30-21-11-6-5-10-19(21)29-20-15-28(2,3)16-22(32)26(20)27(30)24-13-12-23(36-24)17-8-7-9-18(14-17)31(34)35/h5-14,27,29H,4,15-16H2,1-3H3/t27-/m1/s1. The third-order valence-corrected chi connectivity index (χ3v) is 6.71. The SMILES string of the molecule is CCC(=O)N1c2ccccc2NC2=C(C(=O)CC(C)(C)C2)[C@H]1c1ccc(-c2cccc([N+](=O)[O-])c2)o1. The number of amides is 1. The molecule has 0 spiro atoms. The van der Waals surface area contributed by atoms with Gasteiger partial charge in [-0.05, 0) is 36.1 Å². The molecule has 36 heavy (non-hydrogen) atoms. The largest absolute Gasteiger partial charge is 0.458 e. The first-order valence-electron chi connectivity index (χ1n) is 12.0. The van der Waals surface area contributed by atoms with E-state index in [4.69, 9.17) is 4.42 Å². The molecule has 0 radical (unpaired) electrons. The zero-order valence-electron chi connectivity index (χ0n) is 20.4. The Morgan fingerprint density at radius 2 is 1.92 bits per heavy atom. The number of nitrogens with one attached hydrogen (secondary N) is 1. The molecular formula is C28H27N3O5. The summed E-state index contributed by atoms with van der Waals surface area (Å²) in [5, 5.41) is 14.7. The fourth-order valence-electron chi connectivity index (χ4n) is 5.13. The molecule has 2 aromatic carbocycles. The number of carbonyl (C=O) groups excluding carboxylic acids is 2. The van der Waals surface area contributed by atoms with E-state index in [9.17, 15) is 19.7 Å². The number of benzene rings is 2. The van der Waals surface area contributed by atoms with Gasteiger partial charge in [-0.25, -0.2) is 0 Å². The van der Waals surface area contributed by atoms with Crippen molar-refractivity contribution < 1.29 is 18.9 Å². The van der Waals surface area contributed by atoms with E-state index < -0.39 is 11.0 Å². The Kier molecular flexibility index (Phi) is 5.74. The molecule has 1 N–H and O–H groups in total. The molecule has 0 saturated carbocycles. The molecule has 0 unspecified atom stereocenters. The third-order valence-electron chi connectivity index (χ3n) is 6.71. The first-order valence-corrected chi connectivity index (χ1v) is 12.0. The highest BCUT2D eigenvalue weighted by atomic mass is 16.6. The summed E-state index contributed by atoms with van der Waals surface area (Å²) in [5.74, 6) is 0.675. The highest BCUT2D eigenvalue weighted by molar-refractivity contribution is 6.06. The molecule has 0 bridgehead atoms. The molecule has 1 atom stereocenters. The molecule has 8 nitrogen and oxygen atoms in total. The van der Waals surface area contributed by atoms with Crippen LogP contribution in [0.25, 0.3) is 11.3 Å². The molecule has 1 amide bonds. The number of hydrogen-bond acceptors (Lipinski definition) is 6. The lowest BCUT2D eigenvalue weighted by Gasteiger charge is -2.36. The second-order valence-corrected chi connectivity index (χ2v) is 10.0. The summed E-state index contributed by atoms with van der Waals surface area (Å²) in [6, 6.07) is 16.4. The van der Waals surface area contributed by atoms with Crippen LogP contribution in [0, 0.1) is 15.5 Å². The summed E-state index contributed by atoms with van der Waals surface area (Å²) in [4.78, 5) is 39.5. The summed E-state index contributed by atoms with van der Waals surface area (Å²) >= 11 is 0. The smallest absolute Gasteiger partial charge is 0.270 e. The molecule has 2 aliphatic rings. The summed E-state index contributed by atoms with van der Waals surface area (Å²) in [5.41, 5.74) is 2.99. The average Bonchev–Trinajstić information content (AvgIpc) is 3.27. The highest BCUT2D eigenvalue weighted by Crippen LogP contribution is 2.49. The van der Waals surface area contributed by atoms with Gasteiger partial charge in [0, 0.05) is 41.8 Å². The van der Waals surface area contributed by atoms with Crippen molar-refractivity contribution in [2.75, 3.05) is 10.2 Å². The van der Waals surface area contributed by atoms with E-state index in [2.05, 4.69) is 19.2 Å². The number of carbonyl (C=O) groups is 2. The van der Waals surface area contributed by atoms with Gasteiger partial charge >= 0.3 is 0 Å². The Balaban J connectivity index is 1.71. The van der Waals surface area contributed by atoms with Crippen molar-refractivity contribution in [3.05, 3.63) is 87.8 Å². The van der Waals surface area contributed by atoms with Crippen molar-refractivity contribution in [2.24, 2.45) is 5.41 Å². The lowest BCUT2D eigenvalue weighted by atomic mass is 9.74. The fourth-order valence-corrected chi connectivity index (χ4v) is 5.13. The van der Waals surface area contributed by atoms with Gasteiger partial charge in [-0.2, -0.15) is 0 Å². The summed E-state index contributed by atoms with van der Waals surface area (Å²) in [7, 11) is 0. The minimum Gasteiger partial charge on any atom is -0.458 e. The number of hydrogen-bond donors (Lipinski definition) is 1. The van der Waals surface area contributed by atoms with Crippen molar-refractivity contribution in [1.82, 2.24) is 0 Å². The number of non-ortho nitro benzene ring substituents is 1. The van der Waals surface area contributed by atoms with E-state index in [1.807, 2.05) is 24.3 Å². The van der Waals surface area contributed by atoms with Crippen LogP contribution in [0.1, 0.15) is 51.8 Å². The fraction of sp³-hybridized carbons (Fsp3) is 0.286. The maximum absolute atomic E-state index is 13.6. The van der Waals surface area contributed by atoms with Gasteiger partial charge in [0.25, 0.3) is 5.69 Å². The maximum atomic E-state index is 13.6. The Hall–Kier alpha value is -4.20. The molecule has 0 fully saturated rings. The number of ketones is 1. The normalized spacial score (nSPS) is 18.7. The Morgan fingerprint density at radius 1 is 1.14 bits per heavy atom. The van der Waals surface area contributed by atoms with E-state index in [0.29, 0.717) is 41.2 Å². The molecule has 5 rings (SSSR count). The Morgan fingerprint density at radius 3 is 2.67 bits per heavy atom. The number of Topliss-reactive ketones (excluding diaryl/α,β-unsaturated/α-hetero) is 1. The molecular weight excluding hydrogens is 458 g/mol. The van der Waals surface area contributed by atoms with Crippen molar-refractivity contribution >= 4 is 28.8 Å². The van der Waals surface area contributed by atoms with Crippen molar-refractivity contribution in [2.45, 2.75) is 46.1 Å². The predicted octanol–water partition coefficient (Wildman–Crippen LogP) is 6.41. The Labute approximate surface area is 208 Å². The van der Waals surface area contributed by atoms with Crippen LogP contribution in [0.15, 0.2) is 76.4 Å². The van der Waals surface area contributed by atoms with Crippen LogP contribution >= 0.6 is 0 Å². The van der Waals surface area contributed by atoms with Crippen LogP contribution in [0.3, 0.4) is 0 Å². The average molecular weight is 486 g/mol. The summed E-state index contributed by atoms with van der Waals surface area (Å²) < 4.78 is 6.26. The van der Waals surface area contributed by atoms with Crippen molar-refractivity contribution in [3.8, 4) is 11.3 Å². The molecule has 8 heteroatoms. The number of para-hydroxylation sites is 2. The van der Waals surface area contributed by atoms with Gasteiger partial charge in [0.05, 0.1) is 16.3 Å². The van der Waals surface area contributed by atoms with Crippen LogP contribution in [-0.2, 0) is 9.59 Å². The minimum atomic E-state index is -0.764. The molecule has 1 aliphatic carbocycles. The van der Waals surface area contributed by atoms with E-state index in [1.165, 1.54) is 12.1 Å². The van der Waals surface area contributed by atoms with Crippen molar-refractivity contribution in [1.29, 1.82) is 0 Å². The number of nitro benzene ring substituents is 1. The molecule has 0 saturated heterocycles. The van der Waals surface area contributed by atoms with E-state index in [-0.39, 0.29) is 29.2 Å². The minimum absolute atomic E-state index is 0.0336. The number of anilines is 2. The van der Waals surface area contributed by atoms with Crippen LogP contribution in [-0.4, -0.2) is 16.6 Å². The van der Waals surface area contributed by atoms with E-state index in [0.717, 1.165) is 11.4 Å². The molecule has 1 aliphatic heterocycles. The van der Waals surface area contributed by atoms with Gasteiger partial charge in [0.15, 0.2) is 5.78 Å². The quantitative estimate of drug-likeness (QED) is 0.338. The first kappa shape index (κ1) is 23.5. The summed E-state index contributed by atoms with van der Waals surface area (Å²) in [6.07, 6.45) is 1.24. The summed E-state index contributed by atoms with van der Waals surface area (Å²) in [6.45, 7) is 5.91. The van der Waals surface area contributed by atoms with Crippen LogP contribution in [0.5, 0.6) is 0 Å². The third kappa shape index (κ3) is 4.08. The van der Waals surface area contributed by atoms with Gasteiger partial charge in [0.2, 0.25) is 5.91 Å². The van der Waals surface area contributed by atoms with Gasteiger partial charge < -0.3 is 9.73 Å². The second-order valence-electron chi connectivity index (χ2n) is 10.0. The van der Waals surface area contributed by atoms with Crippen LogP contribution in [0.2, 0.25) is 0 Å². The van der Waals surface area contributed by atoms with Gasteiger partial charge in [-0.15, -0.1) is 0 Å². The van der Waals surface area contributed by atoms with Crippen LogP contribution < -0.4 is 10.2 Å². The predicted molar refractivity (Wildman–Crippen MR) is 136 cm³/mol. The molecule has 1 aromatic heterocycles. The van der Waals surface area contributed by atoms with Crippen molar-refractivity contribution in [3.63, 3.8) is 0 Å². The number of allylic oxidation sites excluding steroid dienone is 1. The van der Waals surface area contributed by atoms with Gasteiger partial charge in [0.1, 0.15) is 17.6 Å². The number of nitrogens with zero attached hydrogens (tertiary/aromatic N) is 2. The molecule has 184 valence electrons. The number of furan rings is 1. The maximum Gasteiger partial charge on any atom is 0.270 e. The van der Waals surface area contributed by atoms with Gasteiger partial charge in [-0.1, -0.05) is 45.0 Å². The lowest BCUT2D eigenvalue weighted by molar-refractivity contribution is -0.384. The topological polar surface area (TPSA) is 106 Å².